The summed E-state index contributed by atoms with van der Waals surface area (Å²) in [5.74, 6) is 0.889. The molecule has 0 bridgehead atoms. The smallest absolute Gasteiger partial charge is 0.283 e. The van der Waals surface area contributed by atoms with Crippen molar-refractivity contribution in [2.45, 2.75) is 13.3 Å². The molecule has 2 nitrogen and oxygen atoms in total. The number of hydrogen-bond acceptors (Lipinski definition) is 2. The first kappa shape index (κ1) is 4.37. The maximum atomic E-state index is 4.75. The van der Waals surface area contributed by atoms with Crippen molar-refractivity contribution < 1.29 is 4.42 Å². The minimum Gasteiger partial charge on any atom is -0.438 e. The molecule has 1 radical (unpaired) electrons. The van der Waals surface area contributed by atoms with Crippen molar-refractivity contribution in [3.63, 3.8) is 0 Å². The van der Waals surface area contributed by atoms with Crippen LogP contribution in [-0.4, -0.2) is 4.98 Å². The lowest BCUT2D eigenvalue weighted by atomic mass is 10.4. The Hall–Kier alpha value is -0.790. The van der Waals surface area contributed by atoms with E-state index in [-0.39, 0.29) is 0 Å². The monoisotopic (exact) mass is 96.0 g/mol. The van der Waals surface area contributed by atoms with E-state index >= 15 is 0 Å². The van der Waals surface area contributed by atoms with Crippen LogP contribution in [0.2, 0.25) is 0 Å². The van der Waals surface area contributed by atoms with Crippen molar-refractivity contribution in [3.8, 4) is 0 Å². The number of aromatic nitrogens is 1. The van der Waals surface area contributed by atoms with Gasteiger partial charge in [0.05, 0.1) is 6.20 Å². The molecule has 0 saturated carbocycles. The summed E-state index contributed by atoms with van der Waals surface area (Å²) in [6.45, 7) is 2.01. The predicted octanol–water partition coefficient (Wildman–Crippen LogP) is 1.04. The highest BCUT2D eigenvalue weighted by Crippen LogP contribution is 1.93. The van der Waals surface area contributed by atoms with E-state index in [4.69, 9.17) is 4.42 Å². The molecule has 0 aliphatic carbocycles. The van der Waals surface area contributed by atoms with E-state index in [0.29, 0.717) is 0 Å². The Morgan fingerprint density at radius 3 is 3.14 bits per heavy atom. The van der Waals surface area contributed by atoms with Gasteiger partial charge in [0, 0.05) is 6.42 Å². The lowest BCUT2D eigenvalue weighted by molar-refractivity contribution is 0.501. The predicted molar refractivity (Wildman–Crippen MR) is 24.7 cm³/mol. The Morgan fingerprint density at radius 2 is 2.86 bits per heavy atom. The molecule has 0 saturated heterocycles. The third-order valence-corrected chi connectivity index (χ3v) is 0.786. The van der Waals surface area contributed by atoms with E-state index in [1.165, 1.54) is 0 Å². The molecule has 7 heavy (non-hydrogen) atoms. The first-order valence-electron chi connectivity index (χ1n) is 2.24. The standard InChI is InChI=1S/C5H6NO/c1-2-5-3-6-4-7-5/h3H,2H2,1H3. The summed E-state index contributed by atoms with van der Waals surface area (Å²) in [6, 6.07) is 0. The van der Waals surface area contributed by atoms with Gasteiger partial charge in [0.1, 0.15) is 5.76 Å². The second-order valence-corrected chi connectivity index (χ2v) is 1.27. The summed E-state index contributed by atoms with van der Waals surface area (Å²) in [5.41, 5.74) is 0. The van der Waals surface area contributed by atoms with Crippen LogP contribution in [0.15, 0.2) is 10.6 Å². The average molecular weight is 96.1 g/mol. The van der Waals surface area contributed by atoms with Gasteiger partial charge in [-0.3, -0.25) is 0 Å². The Bertz CT molecular complexity index is 123. The third kappa shape index (κ3) is 0.796. The van der Waals surface area contributed by atoms with Gasteiger partial charge >= 0.3 is 0 Å². The molecular weight excluding hydrogens is 90.1 g/mol. The summed E-state index contributed by atoms with van der Waals surface area (Å²) in [5, 5.41) is 0. The Kier molecular flexibility index (Phi) is 1.11. The molecule has 1 rings (SSSR count). The number of aryl methyl sites for hydroxylation is 1. The topological polar surface area (TPSA) is 26.0 Å². The minimum atomic E-state index is 0.889. The van der Waals surface area contributed by atoms with Crippen LogP contribution in [-0.2, 0) is 6.42 Å². The second kappa shape index (κ2) is 1.78. The van der Waals surface area contributed by atoms with Crippen molar-refractivity contribution in [1.29, 1.82) is 0 Å². The SMILES string of the molecule is CCc1cn[c]o1. The lowest BCUT2D eigenvalue weighted by Gasteiger charge is -1.76. The molecule has 0 atom stereocenters. The Labute approximate surface area is 42.2 Å². The molecular formula is C5H6NO. The first-order chi connectivity index (χ1) is 3.43. The molecule has 1 aromatic heterocycles. The summed E-state index contributed by atoms with van der Waals surface area (Å²) in [6.07, 6.45) is 4.92. The summed E-state index contributed by atoms with van der Waals surface area (Å²) < 4.78 is 4.75. The van der Waals surface area contributed by atoms with Crippen LogP contribution in [0.3, 0.4) is 0 Å². The number of oxazole rings is 1. The van der Waals surface area contributed by atoms with Crippen molar-refractivity contribution >= 4 is 0 Å². The molecule has 0 aliphatic heterocycles. The summed E-state index contributed by atoms with van der Waals surface area (Å²) >= 11 is 0. The molecule has 0 unspecified atom stereocenters. The Balaban J connectivity index is 2.76. The fourth-order valence-corrected chi connectivity index (χ4v) is 0.373. The zero-order valence-electron chi connectivity index (χ0n) is 4.14. The van der Waals surface area contributed by atoms with E-state index in [1.807, 2.05) is 6.92 Å². The maximum Gasteiger partial charge on any atom is 0.283 e. The van der Waals surface area contributed by atoms with E-state index in [0.717, 1.165) is 12.2 Å². The highest BCUT2D eigenvalue weighted by molar-refractivity contribution is 4.85. The van der Waals surface area contributed by atoms with Crippen LogP contribution >= 0.6 is 0 Å². The zero-order chi connectivity index (χ0) is 5.11. The van der Waals surface area contributed by atoms with Crippen LogP contribution in [0.4, 0.5) is 0 Å². The largest absolute Gasteiger partial charge is 0.438 e. The van der Waals surface area contributed by atoms with Crippen LogP contribution in [0, 0.1) is 6.39 Å². The number of rotatable bonds is 1. The van der Waals surface area contributed by atoms with E-state index in [9.17, 15) is 0 Å². The van der Waals surface area contributed by atoms with Crippen LogP contribution in [0.5, 0.6) is 0 Å². The van der Waals surface area contributed by atoms with E-state index < -0.39 is 0 Å². The van der Waals surface area contributed by atoms with Gasteiger partial charge in [-0.2, -0.15) is 0 Å². The molecule has 37 valence electrons. The maximum absolute atomic E-state index is 4.75. The van der Waals surface area contributed by atoms with Gasteiger partial charge in [0.2, 0.25) is 0 Å². The van der Waals surface area contributed by atoms with Gasteiger partial charge in [0.15, 0.2) is 0 Å². The number of hydrogen-bond donors (Lipinski definition) is 0. The van der Waals surface area contributed by atoms with Gasteiger partial charge in [-0.1, -0.05) is 6.92 Å². The molecule has 0 amide bonds. The summed E-state index contributed by atoms with van der Waals surface area (Å²) in [7, 11) is 0. The molecule has 0 N–H and O–H groups in total. The third-order valence-electron chi connectivity index (χ3n) is 0.786. The van der Waals surface area contributed by atoms with E-state index in [1.54, 1.807) is 6.20 Å². The van der Waals surface area contributed by atoms with Gasteiger partial charge < -0.3 is 4.42 Å². The summed E-state index contributed by atoms with van der Waals surface area (Å²) in [4.78, 5) is 3.60. The number of nitrogens with zero attached hydrogens (tertiary/aromatic N) is 1. The molecule has 0 aliphatic rings. The molecule has 2 heteroatoms. The quantitative estimate of drug-likeness (QED) is 0.522. The van der Waals surface area contributed by atoms with Crippen molar-refractivity contribution in [3.05, 3.63) is 18.4 Å². The lowest BCUT2D eigenvalue weighted by Crippen LogP contribution is -1.67. The Morgan fingerprint density at radius 1 is 2.00 bits per heavy atom. The van der Waals surface area contributed by atoms with Gasteiger partial charge in [-0.25, -0.2) is 4.98 Å². The minimum absolute atomic E-state index is 0.889. The van der Waals surface area contributed by atoms with Gasteiger partial charge in [-0.15, -0.1) is 0 Å². The normalized spacial score (nSPS) is 9.29. The molecule has 1 aromatic rings. The second-order valence-electron chi connectivity index (χ2n) is 1.27. The fraction of sp³-hybridized carbons (Fsp3) is 0.400. The fourth-order valence-electron chi connectivity index (χ4n) is 0.373. The van der Waals surface area contributed by atoms with Crippen molar-refractivity contribution in [1.82, 2.24) is 4.98 Å². The highest BCUT2D eigenvalue weighted by Gasteiger charge is 1.86. The molecule has 0 aromatic carbocycles. The molecule has 0 spiro atoms. The van der Waals surface area contributed by atoms with Crippen molar-refractivity contribution in [2.24, 2.45) is 0 Å². The molecule has 0 fully saturated rings. The molecule has 1 heterocycles. The van der Waals surface area contributed by atoms with Crippen molar-refractivity contribution in [2.75, 3.05) is 0 Å². The van der Waals surface area contributed by atoms with Gasteiger partial charge in [0.25, 0.3) is 6.39 Å². The highest BCUT2D eigenvalue weighted by atomic mass is 16.3. The van der Waals surface area contributed by atoms with Gasteiger partial charge in [-0.05, 0) is 0 Å². The zero-order valence-corrected chi connectivity index (χ0v) is 4.14. The van der Waals surface area contributed by atoms with Crippen LogP contribution in [0.25, 0.3) is 0 Å². The first-order valence-corrected chi connectivity index (χ1v) is 2.24. The average Bonchev–Trinajstić information content (AvgIpc) is 2.14. The van der Waals surface area contributed by atoms with E-state index in [2.05, 4.69) is 11.4 Å². The van der Waals surface area contributed by atoms with Crippen LogP contribution < -0.4 is 0 Å². The van der Waals surface area contributed by atoms with Crippen LogP contribution in [0.1, 0.15) is 12.7 Å².